The molecule has 0 amide bonds. The van der Waals surface area contributed by atoms with Crippen molar-refractivity contribution in [3.05, 3.63) is 22.8 Å². The summed E-state index contributed by atoms with van der Waals surface area (Å²) < 4.78 is 1.02. The lowest BCUT2D eigenvalue weighted by molar-refractivity contribution is 0.788. The van der Waals surface area contributed by atoms with Crippen LogP contribution in [0.2, 0.25) is 0 Å². The summed E-state index contributed by atoms with van der Waals surface area (Å²) in [5.41, 5.74) is 0. The van der Waals surface area contributed by atoms with E-state index >= 15 is 0 Å². The van der Waals surface area contributed by atoms with E-state index in [1.807, 2.05) is 18.3 Å². The topological polar surface area (TPSA) is 37.0 Å². The van der Waals surface area contributed by atoms with Gasteiger partial charge in [0.15, 0.2) is 0 Å². The average molecular weight is 279 g/mol. The minimum Gasteiger partial charge on any atom is -0.366 e. The summed E-state index contributed by atoms with van der Waals surface area (Å²) in [5.74, 6) is 0.955. The number of nitrogens with one attached hydrogen (secondary N) is 2. The first-order valence-electron chi connectivity index (χ1n) is 4.43. The Balaban J connectivity index is 0.000000980. The summed E-state index contributed by atoms with van der Waals surface area (Å²) in [7, 11) is 0. The Bertz CT molecular complexity index is 272. The van der Waals surface area contributed by atoms with E-state index in [9.17, 15) is 0 Å². The number of rotatable bonds is 2. The molecule has 0 radical (unpaired) electrons. The Morgan fingerprint density at radius 1 is 1.50 bits per heavy atom. The number of halogens is 2. The third-order valence-corrected chi connectivity index (χ3v) is 2.61. The second-order valence-corrected chi connectivity index (χ2v) is 4.11. The minimum absolute atomic E-state index is 0. The molecule has 2 N–H and O–H groups in total. The summed E-state index contributed by atoms with van der Waals surface area (Å²) in [6.45, 7) is 2.14. The lowest BCUT2D eigenvalue weighted by atomic mass is 10.2. The van der Waals surface area contributed by atoms with Crippen LogP contribution in [-0.2, 0) is 0 Å². The molecule has 1 aliphatic heterocycles. The normalized spacial score (nSPS) is 20.2. The number of aromatic nitrogens is 1. The van der Waals surface area contributed by atoms with Crippen molar-refractivity contribution in [2.75, 3.05) is 18.4 Å². The van der Waals surface area contributed by atoms with E-state index < -0.39 is 0 Å². The van der Waals surface area contributed by atoms with Crippen LogP contribution in [0.4, 0.5) is 5.82 Å². The van der Waals surface area contributed by atoms with Gasteiger partial charge in [-0.2, -0.15) is 0 Å². The van der Waals surface area contributed by atoms with E-state index in [1.165, 1.54) is 6.42 Å². The molecule has 14 heavy (non-hydrogen) atoms. The van der Waals surface area contributed by atoms with Gasteiger partial charge >= 0.3 is 0 Å². The number of hydrogen-bond donors (Lipinski definition) is 2. The molecule has 1 atom stereocenters. The van der Waals surface area contributed by atoms with Crippen LogP contribution in [-0.4, -0.2) is 24.1 Å². The Labute approximate surface area is 98.2 Å². The molecule has 2 rings (SSSR count). The zero-order valence-electron chi connectivity index (χ0n) is 7.66. The molecule has 5 heteroatoms. The van der Waals surface area contributed by atoms with Crippen molar-refractivity contribution >= 4 is 34.2 Å². The molecule has 0 aliphatic carbocycles. The molecule has 0 bridgehead atoms. The van der Waals surface area contributed by atoms with Gasteiger partial charge in [-0.15, -0.1) is 12.4 Å². The summed E-state index contributed by atoms with van der Waals surface area (Å²) in [4.78, 5) is 4.26. The molecule has 1 aliphatic rings. The van der Waals surface area contributed by atoms with Gasteiger partial charge in [-0.3, -0.25) is 0 Å². The molecule has 3 nitrogen and oxygen atoms in total. The lowest BCUT2D eigenvalue weighted by Crippen LogP contribution is -2.22. The molecule has 1 saturated heterocycles. The van der Waals surface area contributed by atoms with Crippen molar-refractivity contribution in [1.82, 2.24) is 10.3 Å². The Kier molecular flexibility index (Phi) is 4.65. The van der Waals surface area contributed by atoms with Gasteiger partial charge in [0.05, 0.1) is 0 Å². The van der Waals surface area contributed by atoms with E-state index in [0.717, 1.165) is 23.4 Å². The number of hydrogen-bond acceptors (Lipinski definition) is 3. The lowest BCUT2D eigenvalue weighted by Gasteiger charge is -2.11. The minimum atomic E-state index is 0. The third-order valence-electron chi connectivity index (χ3n) is 2.14. The number of pyridine rings is 1. The van der Waals surface area contributed by atoms with Gasteiger partial charge in [-0.1, -0.05) is 0 Å². The quantitative estimate of drug-likeness (QED) is 0.869. The number of anilines is 1. The second-order valence-electron chi connectivity index (χ2n) is 3.20. The first-order valence-corrected chi connectivity index (χ1v) is 5.23. The summed E-state index contributed by atoms with van der Waals surface area (Å²) >= 11 is 3.36. The first kappa shape index (κ1) is 11.8. The third kappa shape index (κ3) is 3.12. The van der Waals surface area contributed by atoms with Crippen LogP contribution in [0.3, 0.4) is 0 Å². The van der Waals surface area contributed by atoms with Crippen LogP contribution in [0.25, 0.3) is 0 Å². The molecule has 78 valence electrons. The predicted octanol–water partition coefficient (Wildman–Crippen LogP) is 2.04. The molecule has 0 unspecified atom stereocenters. The van der Waals surface area contributed by atoms with E-state index in [-0.39, 0.29) is 12.4 Å². The van der Waals surface area contributed by atoms with Crippen molar-refractivity contribution in [2.45, 2.75) is 12.5 Å². The van der Waals surface area contributed by atoms with E-state index in [4.69, 9.17) is 0 Å². The summed E-state index contributed by atoms with van der Waals surface area (Å²) in [6.07, 6.45) is 2.99. The monoisotopic (exact) mass is 277 g/mol. The van der Waals surface area contributed by atoms with Gasteiger partial charge in [0.2, 0.25) is 0 Å². The van der Waals surface area contributed by atoms with Gasteiger partial charge in [0, 0.05) is 23.3 Å². The molecule has 1 aromatic heterocycles. The summed E-state index contributed by atoms with van der Waals surface area (Å²) in [6, 6.07) is 4.52. The fourth-order valence-electron chi connectivity index (χ4n) is 1.45. The van der Waals surface area contributed by atoms with Gasteiger partial charge in [0.25, 0.3) is 0 Å². The highest BCUT2D eigenvalue weighted by Crippen LogP contribution is 2.12. The SMILES string of the molecule is Brc1ccc(N[C@H]2CCNC2)nc1.Cl. The maximum atomic E-state index is 4.26. The van der Waals surface area contributed by atoms with Gasteiger partial charge in [-0.05, 0) is 41.0 Å². The van der Waals surface area contributed by atoms with E-state index in [2.05, 4.69) is 31.5 Å². The largest absolute Gasteiger partial charge is 0.366 e. The van der Waals surface area contributed by atoms with Crippen LogP contribution in [0, 0.1) is 0 Å². The highest BCUT2D eigenvalue weighted by atomic mass is 79.9. The molecule has 0 aromatic carbocycles. The first-order chi connectivity index (χ1) is 6.34. The van der Waals surface area contributed by atoms with Gasteiger partial charge < -0.3 is 10.6 Å². The van der Waals surface area contributed by atoms with Crippen molar-refractivity contribution < 1.29 is 0 Å². The molecular formula is C9H13BrClN3. The van der Waals surface area contributed by atoms with E-state index in [1.54, 1.807) is 0 Å². The van der Waals surface area contributed by atoms with Gasteiger partial charge in [0.1, 0.15) is 5.82 Å². The van der Waals surface area contributed by atoms with Crippen LogP contribution in [0.5, 0.6) is 0 Å². The highest BCUT2D eigenvalue weighted by molar-refractivity contribution is 9.10. The number of nitrogens with zero attached hydrogens (tertiary/aromatic N) is 1. The zero-order chi connectivity index (χ0) is 9.10. The smallest absolute Gasteiger partial charge is 0.126 e. The average Bonchev–Trinajstić information content (AvgIpc) is 2.62. The second kappa shape index (κ2) is 5.53. The maximum absolute atomic E-state index is 4.26. The Morgan fingerprint density at radius 3 is 2.93 bits per heavy atom. The molecule has 1 fully saturated rings. The van der Waals surface area contributed by atoms with Crippen LogP contribution >= 0.6 is 28.3 Å². The van der Waals surface area contributed by atoms with E-state index in [0.29, 0.717) is 6.04 Å². The van der Waals surface area contributed by atoms with Crippen LogP contribution in [0.1, 0.15) is 6.42 Å². The maximum Gasteiger partial charge on any atom is 0.126 e. The van der Waals surface area contributed by atoms with Crippen molar-refractivity contribution in [3.63, 3.8) is 0 Å². The fraction of sp³-hybridized carbons (Fsp3) is 0.444. The Morgan fingerprint density at radius 2 is 2.36 bits per heavy atom. The molecule has 0 spiro atoms. The zero-order valence-corrected chi connectivity index (χ0v) is 10.1. The molecular weight excluding hydrogens is 265 g/mol. The predicted molar refractivity (Wildman–Crippen MR) is 64.1 cm³/mol. The van der Waals surface area contributed by atoms with Crippen LogP contribution < -0.4 is 10.6 Å². The van der Waals surface area contributed by atoms with Crippen molar-refractivity contribution in [3.8, 4) is 0 Å². The summed E-state index contributed by atoms with van der Waals surface area (Å²) in [5, 5.41) is 6.68. The Hall–Kier alpha value is -0.320. The highest BCUT2D eigenvalue weighted by Gasteiger charge is 2.13. The van der Waals surface area contributed by atoms with Crippen molar-refractivity contribution in [2.24, 2.45) is 0 Å². The molecule has 1 aromatic rings. The fourth-order valence-corrected chi connectivity index (χ4v) is 1.68. The van der Waals surface area contributed by atoms with Gasteiger partial charge in [-0.25, -0.2) is 4.98 Å². The van der Waals surface area contributed by atoms with Crippen molar-refractivity contribution in [1.29, 1.82) is 0 Å². The standard InChI is InChI=1S/C9H12BrN3.ClH/c10-7-1-2-9(12-5-7)13-8-3-4-11-6-8;/h1-2,5,8,11H,3-4,6H2,(H,12,13);1H/t8-;/m0./s1. The molecule has 2 heterocycles. The molecule has 0 saturated carbocycles. The van der Waals surface area contributed by atoms with Crippen LogP contribution in [0.15, 0.2) is 22.8 Å².